The summed E-state index contributed by atoms with van der Waals surface area (Å²) in [6.07, 6.45) is 16.4. The lowest BCUT2D eigenvalue weighted by Gasteiger charge is -2.10. The van der Waals surface area contributed by atoms with Gasteiger partial charge in [-0.1, -0.05) is 85.0 Å². The Bertz CT molecular complexity index is 813. The Morgan fingerprint density at radius 3 is 1.67 bits per heavy atom. The Hall–Kier alpha value is -2.49. The van der Waals surface area contributed by atoms with E-state index in [0.717, 1.165) is 36.9 Å². The fourth-order valence-electron chi connectivity index (χ4n) is 4.05. The van der Waals surface area contributed by atoms with Gasteiger partial charge in [0.1, 0.15) is 17.2 Å². The molecule has 0 aliphatic carbocycles. The first-order valence-electron chi connectivity index (χ1n) is 14.3. The highest BCUT2D eigenvalue weighted by Crippen LogP contribution is 2.20. The maximum atomic E-state index is 12.5. The second-order valence-corrected chi connectivity index (χ2v) is 9.92. The van der Waals surface area contributed by atoms with E-state index in [1.54, 1.807) is 24.3 Å². The highest BCUT2D eigenvalue weighted by Gasteiger charge is 2.09. The molecule has 0 aliphatic heterocycles. The zero-order valence-corrected chi connectivity index (χ0v) is 22.9. The van der Waals surface area contributed by atoms with Crippen LogP contribution in [-0.2, 0) is 0 Å². The minimum absolute atomic E-state index is 0.376. The molecule has 0 saturated heterocycles. The standard InChI is InChI=1S/C32H48O4/c1-4-6-7-8-9-10-11-12-14-25-34-30-21-23-31(24-22-30)36-32(33)28-17-19-29(20-18-28)35-26-15-13-16-27(3)5-2/h17-24,27H,4-16,25-26H2,1-3H3. The number of rotatable bonds is 20. The molecule has 36 heavy (non-hydrogen) atoms. The summed E-state index contributed by atoms with van der Waals surface area (Å²) in [7, 11) is 0. The van der Waals surface area contributed by atoms with E-state index in [4.69, 9.17) is 14.2 Å². The van der Waals surface area contributed by atoms with E-state index in [0.29, 0.717) is 17.9 Å². The number of hydrogen-bond donors (Lipinski definition) is 0. The van der Waals surface area contributed by atoms with Crippen molar-refractivity contribution < 1.29 is 19.0 Å². The van der Waals surface area contributed by atoms with Crippen LogP contribution >= 0.6 is 0 Å². The third-order valence-corrected chi connectivity index (χ3v) is 6.70. The molecule has 0 aromatic heterocycles. The quantitative estimate of drug-likeness (QED) is 0.104. The van der Waals surface area contributed by atoms with E-state index in [9.17, 15) is 4.79 Å². The molecule has 0 N–H and O–H groups in total. The molecule has 0 saturated carbocycles. The summed E-state index contributed by atoms with van der Waals surface area (Å²) >= 11 is 0. The summed E-state index contributed by atoms with van der Waals surface area (Å²) in [5.74, 6) is 2.50. The summed E-state index contributed by atoms with van der Waals surface area (Å²) in [5, 5.41) is 0. The van der Waals surface area contributed by atoms with Crippen LogP contribution < -0.4 is 14.2 Å². The topological polar surface area (TPSA) is 44.8 Å². The van der Waals surface area contributed by atoms with Crippen LogP contribution in [0.5, 0.6) is 17.2 Å². The Balaban J connectivity index is 1.60. The molecule has 0 spiro atoms. The van der Waals surface area contributed by atoms with Crippen LogP contribution in [0.25, 0.3) is 0 Å². The highest BCUT2D eigenvalue weighted by atomic mass is 16.5. The van der Waals surface area contributed by atoms with Crippen molar-refractivity contribution in [1.82, 2.24) is 0 Å². The summed E-state index contributed by atoms with van der Waals surface area (Å²) in [6.45, 7) is 8.21. The Labute approximate surface area is 219 Å². The van der Waals surface area contributed by atoms with Crippen LogP contribution in [0.4, 0.5) is 0 Å². The molecule has 4 heteroatoms. The van der Waals surface area contributed by atoms with E-state index in [2.05, 4.69) is 20.8 Å². The number of benzene rings is 2. The zero-order valence-electron chi connectivity index (χ0n) is 22.9. The van der Waals surface area contributed by atoms with Gasteiger partial charge in [0.2, 0.25) is 0 Å². The number of hydrogen-bond acceptors (Lipinski definition) is 4. The van der Waals surface area contributed by atoms with Gasteiger partial charge in [0, 0.05) is 0 Å². The second kappa shape index (κ2) is 18.7. The van der Waals surface area contributed by atoms with Gasteiger partial charge in [-0.3, -0.25) is 0 Å². The van der Waals surface area contributed by atoms with E-state index in [1.807, 2.05) is 24.3 Å². The average molecular weight is 497 g/mol. The van der Waals surface area contributed by atoms with E-state index in [-0.39, 0.29) is 5.97 Å². The van der Waals surface area contributed by atoms with Gasteiger partial charge in [0.05, 0.1) is 18.8 Å². The fourth-order valence-corrected chi connectivity index (χ4v) is 4.05. The van der Waals surface area contributed by atoms with E-state index in [1.165, 1.54) is 70.6 Å². The van der Waals surface area contributed by atoms with Gasteiger partial charge >= 0.3 is 5.97 Å². The number of carbonyl (C=O) groups is 1. The predicted molar refractivity (Wildman–Crippen MR) is 149 cm³/mol. The van der Waals surface area contributed by atoms with Crippen LogP contribution in [0.15, 0.2) is 48.5 Å². The van der Waals surface area contributed by atoms with Crippen molar-refractivity contribution in [2.75, 3.05) is 13.2 Å². The first-order valence-corrected chi connectivity index (χ1v) is 14.3. The fraction of sp³-hybridized carbons (Fsp3) is 0.594. The summed E-state index contributed by atoms with van der Waals surface area (Å²) < 4.78 is 17.1. The Morgan fingerprint density at radius 1 is 0.639 bits per heavy atom. The molecule has 0 heterocycles. The molecule has 0 radical (unpaired) electrons. The van der Waals surface area contributed by atoms with Gasteiger partial charge in [-0.2, -0.15) is 0 Å². The minimum Gasteiger partial charge on any atom is -0.494 e. The first kappa shape index (κ1) is 29.7. The van der Waals surface area contributed by atoms with Crippen LogP contribution in [0.1, 0.15) is 115 Å². The lowest BCUT2D eigenvalue weighted by molar-refractivity contribution is 0.0734. The molecule has 2 aromatic rings. The normalized spacial score (nSPS) is 11.8. The van der Waals surface area contributed by atoms with Crippen molar-refractivity contribution in [3.05, 3.63) is 54.1 Å². The highest BCUT2D eigenvalue weighted by molar-refractivity contribution is 5.91. The lowest BCUT2D eigenvalue weighted by atomic mass is 10.0. The molecular weight excluding hydrogens is 448 g/mol. The van der Waals surface area contributed by atoms with Crippen LogP contribution in [0, 0.1) is 5.92 Å². The molecule has 0 aliphatic rings. The SMILES string of the molecule is CCCCCCCCCCCOc1ccc(OC(=O)c2ccc(OCCCCC(C)CC)cc2)cc1. The smallest absolute Gasteiger partial charge is 0.343 e. The third kappa shape index (κ3) is 13.0. The van der Waals surface area contributed by atoms with Gasteiger partial charge in [0.25, 0.3) is 0 Å². The molecule has 0 fully saturated rings. The first-order chi connectivity index (χ1) is 17.6. The summed E-state index contributed by atoms with van der Waals surface area (Å²) in [5.41, 5.74) is 0.504. The number of unbranched alkanes of at least 4 members (excludes halogenated alkanes) is 9. The number of esters is 1. The van der Waals surface area contributed by atoms with Gasteiger partial charge in [-0.05, 0) is 73.7 Å². The molecular formula is C32H48O4. The van der Waals surface area contributed by atoms with Gasteiger partial charge in [-0.15, -0.1) is 0 Å². The Morgan fingerprint density at radius 2 is 1.11 bits per heavy atom. The van der Waals surface area contributed by atoms with Crippen molar-refractivity contribution >= 4 is 5.97 Å². The third-order valence-electron chi connectivity index (χ3n) is 6.70. The molecule has 2 aromatic carbocycles. The van der Waals surface area contributed by atoms with E-state index >= 15 is 0 Å². The molecule has 2 rings (SSSR count). The van der Waals surface area contributed by atoms with Crippen molar-refractivity contribution in [1.29, 1.82) is 0 Å². The molecule has 1 unspecified atom stereocenters. The van der Waals surface area contributed by atoms with E-state index < -0.39 is 0 Å². The maximum absolute atomic E-state index is 12.5. The monoisotopic (exact) mass is 496 g/mol. The number of carbonyl (C=O) groups excluding carboxylic acids is 1. The molecule has 4 nitrogen and oxygen atoms in total. The minimum atomic E-state index is -0.376. The van der Waals surface area contributed by atoms with Crippen LogP contribution in [-0.4, -0.2) is 19.2 Å². The van der Waals surface area contributed by atoms with Crippen molar-refractivity contribution in [3.63, 3.8) is 0 Å². The Kier molecular flexibility index (Phi) is 15.5. The summed E-state index contributed by atoms with van der Waals surface area (Å²) in [6, 6.07) is 14.4. The molecule has 0 bridgehead atoms. The molecule has 200 valence electrons. The maximum Gasteiger partial charge on any atom is 0.343 e. The average Bonchev–Trinajstić information content (AvgIpc) is 2.90. The second-order valence-electron chi connectivity index (χ2n) is 9.92. The zero-order chi connectivity index (χ0) is 25.8. The van der Waals surface area contributed by atoms with Crippen molar-refractivity contribution in [3.8, 4) is 17.2 Å². The molecule has 0 amide bonds. The van der Waals surface area contributed by atoms with Gasteiger partial charge in [-0.25, -0.2) is 4.79 Å². The molecule has 1 atom stereocenters. The van der Waals surface area contributed by atoms with Gasteiger partial charge in [0.15, 0.2) is 0 Å². The number of ether oxygens (including phenoxy) is 3. The van der Waals surface area contributed by atoms with Crippen LogP contribution in [0.2, 0.25) is 0 Å². The summed E-state index contributed by atoms with van der Waals surface area (Å²) in [4.78, 5) is 12.5. The van der Waals surface area contributed by atoms with Crippen molar-refractivity contribution in [2.24, 2.45) is 5.92 Å². The van der Waals surface area contributed by atoms with Crippen molar-refractivity contribution in [2.45, 2.75) is 104 Å². The van der Waals surface area contributed by atoms with Crippen LogP contribution in [0.3, 0.4) is 0 Å². The van der Waals surface area contributed by atoms with Gasteiger partial charge < -0.3 is 14.2 Å². The largest absolute Gasteiger partial charge is 0.494 e. The predicted octanol–water partition coefficient (Wildman–Crippen LogP) is 9.41. The lowest BCUT2D eigenvalue weighted by Crippen LogP contribution is -2.08.